The van der Waals surface area contributed by atoms with Crippen LogP contribution in [0.3, 0.4) is 0 Å². The van der Waals surface area contributed by atoms with E-state index in [0.29, 0.717) is 22.7 Å². The van der Waals surface area contributed by atoms with Gasteiger partial charge in [-0.05, 0) is 83.1 Å². The lowest BCUT2D eigenvalue weighted by Gasteiger charge is -2.40. The molecule has 180 valence electrons. The highest BCUT2D eigenvalue weighted by atomic mass is 32.1. The summed E-state index contributed by atoms with van der Waals surface area (Å²) in [6.07, 6.45) is 1.08. The standard InChI is InChI=1S/C28H28N2O4S/c1-16-20-10-11-30(28(35)29-23-8-6-19(31-2)14-25(23)32-3)27(16)22-12-17(4-7-21(20)22)18-5-9-24-26(13-18)34-15-33-24/h4-9,12-14,16,20,27H,10-11,15H2,1-3H3,(H,29,35)/t16-,20?,27?/m0/s1. The Morgan fingerprint density at radius 2 is 1.74 bits per heavy atom. The topological polar surface area (TPSA) is 52.2 Å². The van der Waals surface area contributed by atoms with Crippen molar-refractivity contribution in [3.63, 3.8) is 0 Å². The fourth-order valence-electron chi connectivity index (χ4n) is 5.81. The van der Waals surface area contributed by atoms with E-state index in [1.165, 1.54) is 16.7 Å². The molecule has 0 saturated carbocycles. The molecule has 2 bridgehead atoms. The fraction of sp³-hybridized carbons (Fsp3) is 0.321. The number of ether oxygens (including phenoxy) is 4. The molecule has 0 radical (unpaired) electrons. The van der Waals surface area contributed by atoms with E-state index in [1.807, 2.05) is 24.3 Å². The van der Waals surface area contributed by atoms with Crippen LogP contribution in [-0.2, 0) is 0 Å². The fourth-order valence-corrected chi connectivity index (χ4v) is 6.13. The molecule has 6 rings (SSSR count). The van der Waals surface area contributed by atoms with Gasteiger partial charge in [-0.1, -0.05) is 25.1 Å². The summed E-state index contributed by atoms with van der Waals surface area (Å²) in [7, 11) is 3.30. The van der Waals surface area contributed by atoms with Crippen molar-refractivity contribution in [1.29, 1.82) is 0 Å². The van der Waals surface area contributed by atoms with E-state index in [1.54, 1.807) is 14.2 Å². The lowest BCUT2D eigenvalue weighted by molar-refractivity contribution is 0.174. The predicted octanol–water partition coefficient (Wildman–Crippen LogP) is 5.98. The summed E-state index contributed by atoms with van der Waals surface area (Å²) in [5.41, 5.74) is 5.94. The van der Waals surface area contributed by atoms with Crippen molar-refractivity contribution in [3.05, 3.63) is 65.7 Å². The second-order valence-corrected chi connectivity index (χ2v) is 9.69. The lowest BCUT2D eigenvalue weighted by atomic mass is 9.86. The van der Waals surface area contributed by atoms with E-state index in [9.17, 15) is 0 Å². The molecule has 1 N–H and O–H groups in total. The average molecular weight is 489 g/mol. The number of methoxy groups -OCH3 is 2. The van der Waals surface area contributed by atoms with E-state index in [2.05, 4.69) is 47.5 Å². The Morgan fingerprint density at radius 3 is 2.57 bits per heavy atom. The number of hydrogen-bond acceptors (Lipinski definition) is 5. The number of thiocarbonyl (C=S) groups is 1. The number of nitrogens with zero attached hydrogens (tertiary/aromatic N) is 1. The molecule has 1 fully saturated rings. The molecule has 0 spiro atoms. The molecular weight excluding hydrogens is 460 g/mol. The Hall–Kier alpha value is -3.45. The molecule has 2 heterocycles. The summed E-state index contributed by atoms with van der Waals surface area (Å²) in [5, 5.41) is 4.15. The van der Waals surface area contributed by atoms with E-state index in [4.69, 9.17) is 31.2 Å². The highest BCUT2D eigenvalue weighted by molar-refractivity contribution is 7.80. The van der Waals surface area contributed by atoms with Gasteiger partial charge in [-0.25, -0.2) is 0 Å². The minimum absolute atomic E-state index is 0.224. The number of piperidine rings is 1. The SMILES string of the molecule is COc1ccc(NC(=S)N2CCC3c4ccc(-c5ccc6c(c5)OCO6)cc4C2[C@H]3C)c(OC)c1. The monoisotopic (exact) mass is 488 g/mol. The van der Waals surface area contributed by atoms with Gasteiger partial charge in [0.05, 0.1) is 25.9 Å². The molecule has 2 unspecified atom stereocenters. The Labute approximate surface area is 210 Å². The first-order valence-corrected chi connectivity index (χ1v) is 12.3. The molecule has 3 atom stereocenters. The Morgan fingerprint density at radius 1 is 0.943 bits per heavy atom. The molecule has 1 saturated heterocycles. The summed E-state index contributed by atoms with van der Waals surface area (Å²) in [6, 6.07) is 19.0. The van der Waals surface area contributed by atoms with E-state index in [-0.39, 0.29) is 12.8 Å². The minimum Gasteiger partial charge on any atom is -0.497 e. The number of likely N-dealkylation sites (tertiary alicyclic amines) is 1. The highest BCUT2D eigenvalue weighted by Gasteiger charge is 2.45. The van der Waals surface area contributed by atoms with Gasteiger partial charge in [0.2, 0.25) is 6.79 Å². The number of hydrogen-bond donors (Lipinski definition) is 1. The number of nitrogens with one attached hydrogen (secondary N) is 1. The van der Waals surface area contributed by atoms with E-state index in [0.717, 1.165) is 41.5 Å². The van der Waals surface area contributed by atoms with Crippen molar-refractivity contribution in [1.82, 2.24) is 4.90 Å². The largest absolute Gasteiger partial charge is 0.497 e. The van der Waals surface area contributed by atoms with Crippen LogP contribution in [0.5, 0.6) is 23.0 Å². The maximum Gasteiger partial charge on any atom is 0.231 e. The van der Waals surface area contributed by atoms with Crippen LogP contribution in [0.4, 0.5) is 5.69 Å². The maximum absolute atomic E-state index is 5.95. The van der Waals surface area contributed by atoms with Crippen LogP contribution < -0.4 is 24.3 Å². The molecule has 2 aliphatic heterocycles. The van der Waals surface area contributed by atoms with Gasteiger partial charge in [0, 0.05) is 12.6 Å². The second-order valence-electron chi connectivity index (χ2n) is 9.30. The second kappa shape index (κ2) is 8.64. The molecule has 3 aromatic carbocycles. The van der Waals surface area contributed by atoms with Crippen molar-refractivity contribution >= 4 is 23.0 Å². The lowest BCUT2D eigenvalue weighted by Crippen LogP contribution is -2.43. The zero-order chi connectivity index (χ0) is 24.1. The van der Waals surface area contributed by atoms with Crippen LogP contribution in [0, 0.1) is 5.92 Å². The normalized spacial score (nSPS) is 21.5. The van der Waals surface area contributed by atoms with Crippen molar-refractivity contribution in [2.24, 2.45) is 5.92 Å². The van der Waals surface area contributed by atoms with Gasteiger partial charge in [-0.2, -0.15) is 0 Å². The number of anilines is 1. The van der Waals surface area contributed by atoms with Gasteiger partial charge in [0.15, 0.2) is 16.6 Å². The number of fused-ring (bicyclic) bond motifs is 6. The zero-order valence-corrected chi connectivity index (χ0v) is 20.9. The first kappa shape index (κ1) is 22.0. The third-order valence-corrected chi connectivity index (χ3v) is 7.91. The van der Waals surface area contributed by atoms with Crippen molar-refractivity contribution < 1.29 is 18.9 Å². The summed E-state index contributed by atoms with van der Waals surface area (Å²) >= 11 is 5.95. The summed E-state index contributed by atoms with van der Waals surface area (Å²) in [4.78, 5) is 2.34. The third-order valence-electron chi connectivity index (χ3n) is 7.57. The highest BCUT2D eigenvalue weighted by Crippen LogP contribution is 2.54. The van der Waals surface area contributed by atoms with Gasteiger partial charge in [0.1, 0.15) is 11.5 Å². The molecular formula is C28H28N2O4S. The number of benzene rings is 3. The smallest absolute Gasteiger partial charge is 0.231 e. The van der Waals surface area contributed by atoms with Gasteiger partial charge < -0.3 is 29.2 Å². The summed E-state index contributed by atoms with van der Waals surface area (Å²) < 4.78 is 22.0. The molecule has 0 amide bonds. The Kier molecular flexibility index (Phi) is 5.44. The minimum atomic E-state index is 0.224. The predicted molar refractivity (Wildman–Crippen MR) is 140 cm³/mol. The van der Waals surface area contributed by atoms with E-state index < -0.39 is 0 Å². The maximum atomic E-state index is 5.95. The van der Waals surface area contributed by atoms with Gasteiger partial charge in [-0.15, -0.1) is 0 Å². The average Bonchev–Trinajstić information content (AvgIpc) is 3.41. The third kappa shape index (κ3) is 3.65. The first-order chi connectivity index (χ1) is 17.1. The van der Waals surface area contributed by atoms with Crippen LogP contribution in [-0.4, -0.2) is 37.6 Å². The molecule has 3 aliphatic rings. The van der Waals surface area contributed by atoms with Gasteiger partial charge in [0.25, 0.3) is 0 Å². The first-order valence-electron chi connectivity index (χ1n) is 11.9. The summed E-state index contributed by atoms with van der Waals surface area (Å²) in [6.45, 7) is 3.54. The Balaban J connectivity index is 1.31. The van der Waals surface area contributed by atoms with Crippen LogP contribution >= 0.6 is 12.2 Å². The van der Waals surface area contributed by atoms with Crippen molar-refractivity contribution in [3.8, 4) is 34.1 Å². The molecule has 6 nitrogen and oxygen atoms in total. The number of rotatable bonds is 4. The Bertz CT molecular complexity index is 1310. The molecule has 7 heteroatoms. The van der Waals surface area contributed by atoms with Crippen LogP contribution in [0.2, 0.25) is 0 Å². The van der Waals surface area contributed by atoms with Crippen molar-refractivity contribution in [2.45, 2.75) is 25.3 Å². The van der Waals surface area contributed by atoms with Crippen LogP contribution in [0.15, 0.2) is 54.6 Å². The van der Waals surface area contributed by atoms with Crippen molar-refractivity contribution in [2.75, 3.05) is 32.9 Å². The molecule has 0 aromatic heterocycles. The summed E-state index contributed by atoms with van der Waals surface area (Å²) in [5.74, 6) is 4.07. The molecule has 3 aromatic rings. The van der Waals surface area contributed by atoms with Crippen LogP contribution in [0.1, 0.15) is 36.4 Å². The van der Waals surface area contributed by atoms with Gasteiger partial charge in [-0.3, -0.25) is 0 Å². The van der Waals surface area contributed by atoms with Gasteiger partial charge >= 0.3 is 0 Å². The zero-order valence-electron chi connectivity index (χ0n) is 20.0. The quantitative estimate of drug-likeness (QED) is 0.454. The van der Waals surface area contributed by atoms with Crippen LogP contribution in [0.25, 0.3) is 11.1 Å². The van der Waals surface area contributed by atoms with E-state index >= 15 is 0 Å². The molecule has 35 heavy (non-hydrogen) atoms. The molecule has 1 aliphatic carbocycles.